The Hall–Kier alpha value is -2.89. The molecule has 0 saturated heterocycles. The number of hydrogen-bond donors (Lipinski definition) is 1. The number of rotatable bonds is 8. The number of halogens is 2. The summed E-state index contributed by atoms with van der Waals surface area (Å²) in [4.78, 5) is 4.93. The largest absolute Gasteiger partial charge is 0.494 e. The van der Waals surface area contributed by atoms with E-state index in [9.17, 15) is 4.39 Å². The molecule has 4 rings (SSSR count). The van der Waals surface area contributed by atoms with Gasteiger partial charge >= 0.3 is 0 Å². The Kier molecular flexibility index (Phi) is 7.08. The van der Waals surface area contributed by atoms with Crippen LogP contribution in [-0.2, 0) is 13.0 Å². The quantitative estimate of drug-likeness (QED) is 0.290. The van der Waals surface area contributed by atoms with Crippen molar-refractivity contribution in [3.05, 3.63) is 99.8 Å². The summed E-state index contributed by atoms with van der Waals surface area (Å²) in [5, 5.41) is 6.20. The molecular formula is C26H24ClFN2OS. The van der Waals surface area contributed by atoms with E-state index in [0.717, 1.165) is 33.3 Å². The summed E-state index contributed by atoms with van der Waals surface area (Å²) < 4.78 is 19.2. The maximum atomic E-state index is 14.0. The molecule has 164 valence electrons. The van der Waals surface area contributed by atoms with E-state index in [-0.39, 0.29) is 11.6 Å². The second-order valence-corrected chi connectivity index (χ2v) is 9.15. The minimum Gasteiger partial charge on any atom is -0.494 e. The first-order valence-electron chi connectivity index (χ1n) is 10.4. The van der Waals surface area contributed by atoms with Gasteiger partial charge in [-0.15, -0.1) is 11.3 Å². The molecule has 1 N–H and O–H groups in total. The lowest BCUT2D eigenvalue weighted by Gasteiger charge is -2.09. The number of anilines is 1. The molecule has 4 aromatic rings. The van der Waals surface area contributed by atoms with Crippen molar-refractivity contribution in [1.82, 2.24) is 4.98 Å². The van der Waals surface area contributed by atoms with Crippen molar-refractivity contribution in [1.29, 1.82) is 0 Å². The van der Waals surface area contributed by atoms with Gasteiger partial charge in [0.1, 0.15) is 10.7 Å². The fraction of sp³-hybridized carbons (Fsp3) is 0.192. The second-order valence-electron chi connectivity index (χ2n) is 7.63. The average molecular weight is 467 g/mol. The topological polar surface area (TPSA) is 34.1 Å². The Morgan fingerprint density at radius 1 is 1.06 bits per heavy atom. The van der Waals surface area contributed by atoms with Crippen molar-refractivity contribution in [2.75, 3.05) is 12.4 Å². The molecule has 0 saturated carbocycles. The standard InChI is InChI=1S/C26H24ClFN2OS/c1-17(19-6-4-3-5-7-19)14-24-30-25(20-10-13-22(28)23(15-20)31-2)26(32-24)29-16-18-8-11-21(27)12-9-18/h3-13,15,17,29H,14,16H2,1-2H3. The Labute approximate surface area is 196 Å². The third kappa shape index (κ3) is 5.29. The fourth-order valence-electron chi connectivity index (χ4n) is 3.52. The van der Waals surface area contributed by atoms with Gasteiger partial charge in [0, 0.05) is 23.6 Å². The molecule has 3 aromatic carbocycles. The van der Waals surface area contributed by atoms with Crippen molar-refractivity contribution >= 4 is 27.9 Å². The highest BCUT2D eigenvalue weighted by molar-refractivity contribution is 7.16. The Bertz CT molecular complexity index is 1180. The summed E-state index contributed by atoms with van der Waals surface area (Å²) in [6.07, 6.45) is 0.822. The number of nitrogens with zero attached hydrogens (tertiary/aromatic N) is 1. The van der Waals surface area contributed by atoms with Crippen LogP contribution in [0.25, 0.3) is 11.3 Å². The molecule has 0 radical (unpaired) electrons. The van der Waals surface area contributed by atoms with Crippen LogP contribution in [0.5, 0.6) is 5.75 Å². The summed E-state index contributed by atoms with van der Waals surface area (Å²) >= 11 is 7.64. The Morgan fingerprint density at radius 2 is 1.81 bits per heavy atom. The number of ether oxygens (including phenoxy) is 1. The molecule has 0 aliphatic carbocycles. The minimum absolute atomic E-state index is 0.207. The zero-order chi connectivity index (χ0) is 22.5. The predicted octanol–water partition coefficient (Wildman–Crippen LogP) is 7.57. The molecule has 6 heteroatoms. The zero-order valence-corrected chi connectivity index (χ0v) is 19.5. The van der Waals surface area contributed by atoms with Gasteiger partial charge in [0.05, 0.1) is 12.1 Å². The third-order valence-electron chi connectivity index (χ3n) is 5.31. The van der Waals surface area contributed by atoms with Crippen LogP contribution in [0.1, 0.15) is 29.0 Å². The highest BCUT2D eigenvalue weighted by atomic mass is 35.5. The molecule has 0 bridgehead atoms. The fourth-order valence-corrected chi connectivity index (χ4v) is 4.76. The van der Waals surface area contributed by atoms with Crippen LogP contribution < -0.4 is 10.1 Å². The van der Waals surface area contributed by atoms with Gasteiger partial charge in [0.25, 0.3) is 0 Å². The molecule has 1 atom stereocenters. The number of benzene rings is 3. The number of nitrogens with one attached hydrogen (secondary N) is 1. The SMILES string of the molecule is COc1cc(-c2nc(CC(C)c3ccccc3)sc2NCc2ccc(Cl)cc2)ccc1F. The van der Waals surface area contributed by atoms with E-state index in [1.165, 1.54) is 18.7 Å². The van der Waals surface area contributed by atoms with Crippen LogP contribution in [0.4, 0.5) is 9.39 Å². The first-order chi connectivity index (χ1) is 15.5. The smallest absolute Gasteiger partial charge is 0.165 e. The predicted molar refractivity (Wildman–Crippen MR) is 131 cm³/mol. The molecule has 0 aliphatic heterocycles. The third-order valence-corrected chi connectivity index (χ3v) is 6.60. The van der Waals surface area contributed by atoms with Gasteiger partial charge in [-0.1, -0.05) is 61.0 Å². The maximum Gasteiger partial charge on any atom is 0.165 e. The van der Waals surface area contributed by atoms with Crippen molar-refractivity contribution < 1.29 is 9.13 Å². The lowest BCUT2D eigenvalue weighted by molar-refractivity contribution is 0.387. The van der Waals surface area contributed by atoms with Gasteiger partial charge in [-0.25, -0.2) is 9.37 Å². The highest BCUT2D eigenvalue weighted by Gasteiger charge is 2.17. The van der Waals surface area contributed by atoms with Crippen molar-refractivity contribution in [2.45, 2.75) is 25.8 Å². The van der Waals surface area contributed by atoms with Gasteiger partial charge in [0.15, 0.2) is 11.6 Å². The van der Waals surface area contributed by atoms with Crippen LogP contribution in [0.2, 0.25) is 5.02 Å². The summed E-state index contributed by atoms with van der Waals surface area (Å²) in [6.45, 7) is 2.84. The first kappa shape index (κ1) is 22.3. The minimum atomic E-state index is -0.389. The summed E-state index contributed by atoms with van der Waals surface area (Å²) in [5.74, 6) is 0.153. The Balaban J connectivity index is 1.63. The van der Waals surface area contributed by atoms with E-state index in [1.807, 2.05) is 30.3 Å². The number of hydrogen-bond acceptors (Lipinski definition) is 4. The number of thiazole rings is 1. The van der Waals surface area contributed by atoms with E-state index in [2.05, 4.69) is 36.5 Å². The van der Waals surface area contributed by atoms with Gasteiger partial charge < -0.3 is 10.1 Å². The summed E-state index contributed by atoms with van der Waals surface area (Å²) in [7, 11) is 1.47. The van der Waals surface area contributed by atoms with Gasteiger partial charge in [-0.2, -0.15) is 0 Å². The molecule has 1 unspecified atom stereocenters. The van der Waals surface area contributed by atoms with Crippen LogP contribution in [0.3, 0.4) is 0 Å². The molecule has 32 heavy (non-hydrogen) atoms. The Morgan fingerprint density at radius 3 is 2.53 bits per heavy atom. The molecule has 3 nitrogen and oxygen atoms in total. The lowest BCUT2D eigenvalue weighted by Crippen LogP contribution is -1.99. The molecule has 0 amide bonds. The van der Waals surface area contributed by atoms with E-state index >= 15 is 0 Å². The average Bonchev–Trinajstić information content (AvgIpc) is 3.22. The maximum absolute atomic E-state index is 14.0. The van der Waals surface area contributed by atoms with E-state index < -0.39 is 0 Å². The molecular weight excluding hydrogens is 443 g/mol. The van der Waals surface area contributed by atoms with E-state index in [0.29, 0.717) is 17.5 Å². The van der Waals surface area contributed by atoms with Gasteiger partial charge in [-0.05, 0) is 47.4 Å². The van der Waals surface area contributed by atoms with E-state index in [4.69, 9.17) is 21.3 Å². The van der Waals surface area contributed by atoms with Crippen LogP contribution in [0.15, 0.2) is 72.8 Å². The molecule has 0 fully saturated rings. The van der Waals surface area contributed by atoms with Crippen molar-refractivity contribution in [3.8, 4) is 17.0 Å². The van der Waals surface area contributed by atoms with Crippen LogP contribution >= 0.6 is 22.9 Å². The summed E-state index contributed by atoms with van der Waals surface area (Å²) in [6, 6.07) is 23.0. The molecule has 0 aliphatic rings. The summed E-state index contributed by atoms with van der Waals surface area (Å²) in [5.41, 5.74) is 4.02. The normalized spacial score (nSPS) is 11.9. The molecule has 1 heterocycles. The van der Waals surface area contributed by atoms with Crippen LogP contribution in [0, 0.1) is 5.82 Å². The molecule has 1 aromatic heterocycles. The molecule has 0 spiro atoms. The van der Waals surface area contributed by atoms with Crippen LogP contribution in [-0.4, -0.2) is 12.1 Å². The monoisotopic (exact) mass is 466 g/mol. The van der Waals surface area contributed by atoms with Gasteiger partial charge in [0.2, 0.25) is 0 Å². The first-order valence-corrected chi connectivity index (χ1v) is 11.6. The highest BCUT2D eigenvalue weighted by Crippen LogP contribution is 2.37. The van der Waals surface area contributed by atoms with E-state index in [1.54, 1.807) is 23.5 Å². The van der Waals surface area contributed by atoms with Gasteiger partial charge in [-0.3, -0.25) is 0 Å². The lowest BCUT2D eigenvalue weighted by atomic mass is 9.98. The second kappa shape index (κ2) is 10.2. The zero-order valence-electron chi connectivity index (χ0n) is 17.9. The number of aromatic nitrogens is 1. The number of methoxy groups -OCH3 is 1. The van der Waals surface area contributed by atoms with Crippen molar-refractivity contribution in [3.63, 3.8) is 0 Å². The van der Waals surface area contributed by atoms with Crippen molar-refractivity contribution in [2.24, 2.45) is 0 Å².